The minimum absolute atomic E-state index is 0.112. The van der Waals surface area contributed by atoms with E-state index in [9.17, 15) is 22.7 Å². The highest BCUT2D eigenvalue weighted by Gasteiger charge is 2.23. The molecule has 0 aliphatic rings. The summed E-state index contributed by atoms with van der Waals surface area (Å²) in [4.78, 5) is 10.7. The Morgan fingerprint density at radius 1 is 1.27 bits per heavy atom. The van der Waals surface area contributed by atoms with Crippen molar-refractivity contribution in [3.05, 3.63) is 56.9 Å². The van der Waals surface area contributed by atoms with Crippen molar-refractivity contribution in [1.29, 1.82) is 0 Å². The van der Waals surface area contributed by atoms with Gasteiger partial charge < -0.3 is 5.11 Å². The van der Waals surface area contributed by atoms with Gasteiger partial charge >= 0.3 is 5.97 Å². The quantitative estimate of drug-likeness (QED) is 0.723. The molecular formula is C14H11FINO4S. The molecule has 22 heavy (non-hydrogen) atoms. The predicted octanol–water partition coefficient (Wildman–Crippen LogP) is 3.24. The first-order valence-electron chi connectivity index (χ1n) is 6.03. The van der Waals surface area contributed by atoms with Crippen LogP contribution in [0.1, 0.15) is 15.9 Å². The number of carboxylic acid groups (broad SMARTS) is 1. The SMILES string of the molecule is Cc1ccc(S(=O)(=O)Nc2cccc(I)c2C(=O)O)c(F)c1. The van der Waals surface area contributed by atoms with Crippen LogP contribution < -0.4 is 4.72 Å². The maximum absolute atomic E-state index is 13.9. The molecule has 0 aromatic heterocycles. The van der Waals surface area contributed by atoms with Gasteiger partial charge in [0.1, 0.15) is 10.7 Å². The summed E-state index contributed by atoms with van der Waals surface area (Å²) < 4.78 is 40.9. The predicted molar refractivity (Wildman–Crippen MR) is 88.1 cm³/mol. The lowest BCUT2D eigenvalue weighted by atomic mass is 10.2. The molecule has 2 aromatic rings. The second-order valence-electron chi connectivity index (χ2n) is 4.51. The maximum Gasteiger partial charge on any atom is 0.338 e. The highest BCUT2D eigenvalue weighted by atomic mass is 127. The monoisotopic (exact) mass is 435 g/mol. The van der Waals surface area contributed by atoms with Crippen molar-refractivity contribution in [2.45, 2.75) is 11.8 Å². The van der Waals surface area contributed by atoms with Crippen molar-refractivity contribution in [2.24, 2.45) is 0 Å². The topological polar surface area (TPSA) is 83.5 Å². The van der Waals surface area contributed by atoms with Gasteiger partial charge in [-0.05, 0) is 59.3 Å². The van der Waals surface area contributed by atoms with Gasteiger partial charge in [0.2, 0.25) is 0 Å². The summed E-state index contributed by atoms with van der Waals surface area (Å²) in [5.41, 5.74) is 0.288. The first-order chi connectivity index (χ1) is 10.2. The number of carboxylic acids is 1. The molecule has 0 unspecified atom stereocenters. The first kappa shape index (κ1) is 16.7. The summed E-state index contributed by atoms with van der Waals surface area (Å²) in [7, 11) is -4.23. The van der Waals surface area contributed by atoms with Crippen LogP contribution in [0.4, 0.5) is 10.1 Å². The zero-order chi connectivity index (χ0) is 16.5. The Morgan fingerprint density at radius 3 is 2.55 bits per heavy atom. The van der Waals surface area contributed by atoms with Gasteiger partial charge in [0, 0.05) is 3.57 Å². The highest BCUT2D eigenvalue weighted by Crippen LogP contribution is 2.25. The van der Waals surface area contributed by atoms with Crippen molar-refractivity contribution in [3.63, 3.8) is 0 Å². The Morgan fingerprint density at radius 2 is 1.95 bits per heavy atom. The van der Waals surface area contributed by atoms with E-state index in [0.717, 1.165) is 12.1 Å². The van der Waals surface area contributed by atoms with Crippen molar-refractivity contribution in [1.82, 2.24) is 0 Å². The fraction of sp³-hybridized carbons (Fsp3) is 0.0714. The third-order valence-corrected chi connectivity index (χ3v) is 5.15. The molecule has 0 aliphatic carbocycles. The van der Waals surface area contributed by atoms with Gasteiger partial charge in [-0.2, -0.15) is 0 Å². The lowest BCUT2D eigenvalue weighted by Crippen LogP contribution is -2.17. The van der Waals surface area contributed by atoms with E-state index in [1.165, 1.54) is 24.3 Å². The van der Waals surface area contributed by atoms with E-state index >= 15 is 0 Å². The second kappa shape index (κ2) is 6.21. The molecule has 2 rings (SSSR count). The molecule has 0 saturated carbocycles. The number of hydrogen-bond donors (Lipinski definition) is 2. The number of sulfonamides is 1. The average molecular weight is 435 g/mol. The fourth-order valence-electron chi connectivity index (χ4n) is 1.85. The van der Waals surface area contributed by atoms with Gasteiger partial charge in [0.15, 0.2) is 0 Å². The van der Waals surface area contributed by atoms with E-state index in [0.29, 0.717) is 9.13 Å². The van der Waals surface area contributed by atoms with Gasteiger partial charge in [0.05, 0.1) is 11.3 Å². The molecule has 0 aliphatic heterocycles. The van der Waals surface area contributed by atoms with E-state index in [4.69, 9.17) is 0 Å². The molecule has 5 nitrogen and oxygen atoms in total. The number of halogens is 2. The Kier molecular flexibility index (Phi) is 4.71. The van der Waals surface area contributed by atoms with E-state index in [-0.39, 0.29) is 11.3 Å². The molecule has 0 atom stereocenters. The van der Waals surface area contributed by atoms with Gasteiger partial charge in [-0.3, -0.25) is 4.72 Å². The third-order valence-electron chi connectivity index (χ3n) is 2.85. The molecule has 0 spiro atoms. The van der Waals surface area contributed by atoms with Crippen LogP contribution in [0.2, 0.25) is 0 Å². The van der Waals surface area contributed by atoms with E-state index in [1.807, 2.05) is 0 Å². The maximum atomic E-state index is 13.9. The summed E-state index contributed by atoms with van der Waals surface area (Å²) >= 11 is 1.79. The number of anilines is 1. The largest absolute Gasteiger partial charge is 0.478 e. The molecule has 8 heteroatoms. The number of hydrogen-bond acceptors (Lipinski definition) is 3. The van der Waals surface area contributed by atoms with Crippen LogP contribution in [0.15, 0.2) is 41.3 Å². The number of aryl methyl sites for hydroxylation is 1. The number of aromatic carboxylic acids is 1. The van der Waals surface area contributed by atoms with Crippen LogP contribution in [0, 0.1) is 16.3 Å². The van der Waals surface area contributed by atoms with Crippen LogP contribution in [-0.4, -0.2) is 19.5 Å². The number of carbonyl (C=O) groups is 1. The molecule has 0 heterocycles. The molecule has 0 fully saturated rings. The fourth-order valence-corrected chi connectivity index (χ4v) is 3.71. The van der Waals surface area contributed by atoms with Crippen LogP contribution in [0.25, 0.3) is 0 Å². The zero-order valence-corrected chi connectivity index (χ0v) is 14.3. The standard InChI is InChI=1S/C14H11FINO4S/c1-8-5-6-12(9(15)7-8)22(20,21)17-11-4-2-3-10(16)13(11)14(18)19/h2-7,17H,1H3,(H,18,19). The molecule has 116 valence electrons. The summed E-state index contributed by atoms with van der Waals surface area (Å²) in [6, 6.07) is 8.06. The van der Waals surface area contributed by atoms with Gasteiger partial charge in [0.25, 0.3) is 10.0 Å². The van der Waals surface area contributed by atoms with E-state index < -0.39 is 26.7 Å². The molecule has 0 saturated heterocycles. The normalized spacial score (nSPS) is 11.2. The number of benzene rings is 2. The van der Waals surface area contributed by atoms with Crippen LogP contribution in [-0.2, 0) is 10.0 Å². The van der Waals surface area contributed by atoms with Crippen LogP contribution in [0.3, 0.4) is 0 Å². The van der Waals surface area contributed by atoms with Crippen molar-refractivity contribution in [3.8, 4) is 0 Å². The molecule has 0 amide bonds. The van der Waals surface area contributed by atoms with E-state index in [2.05, 4.69) is 4.72 Å². The van der Waals surface area contributed by atoms with Crippen LogP contribution in [0.5, 0.6) is 0 Å². The Balaban J connectivity index is 2.50. The Labute approximate surface area is 140 Å². The Bertz CT molecular complexity index is 852. The highest BCUT2D eigenvalue weighted by molar-refractivity contribution is 14.1. The summed E-state index contributed by atoms with van der Waals surface area (Å²) in [6.45, 7) is 1.63. The van der Waals surface area contributed by atoms with Gasteiger partial charge in [-0.25, -0.2) is 17.6 Å². The minimum Gasteiger partial charge on any atom is -0.478 e. The Hall–Kier alpha value is -1.68. The lowest BCUT2D eigenvalue weighted by molar-refractivity contribution is 0.0697. The zero-order valence-electron chi connectivity index (χ0n) is 11.3. The number of nitrogens with one attached hydrogen (secondary N) is 1. The molecule has 2 N–H and O–H groups in total. The molecular weight excluding hydrogens is 424 g/mol. The minimum atomic E-state index is -4.23. The van der Waals surface area contributed by atoms with E-state index in [1.54, 1.807) is 29.5 Å². The van der Waals surface area contributed by atoms with Gasteiger partial charge in [-0.1, -0.05) is 12.1 Å². The first-order valence-corrected chi connectivity index (χ1v) is 8.59. The summed E-state index contributed by atoms with van der Waals surface area (Å²) in [6.07, 6.45) is 0. The molecule has 0 radical (unpaired) electrons. The van der Waals surface area contributed by atoms with Crippen molar-refractivity contribution < 1.29 is 22.7 Å². The summed E-state index contributed by atoms with van der Waals surface area (Å²) in [5.74, 6) is -2.16. The molecule has 2 aromatic carbocycles. The lowest BCUT2D eigenvalue weighted by Gasteiger charge is -2.12. The number of rotatable bonds is 4. The van der Waals surface area contributed by atoms with Gasteiger partial charge in [-0.15, -0.1) is 0 Å². The average Bonchev–Trinajstić information content (AvgIpc) is 2.36. The third kappa shape index (κ3) is 3.38. The summed E-state index contributed by atoms with van der Waals surface area (Å²) in [5, 5.41) is 9.19. The van der Waals surface area contributed by atoms with Crippen LogP contribution >= 0.6 is 22.6 Å². The second-order valence-corrected chi connectivity index (χ2v) is 7.32. The van der Waals surface area contributed by atoms with Crippen molar-refractivity contribution >= 4 is 44.3 Å². The smallest absolute Gasteiger partial charge is 0.338 e. The molecule has 0 bridgehead atoms. The van der Waals surface area contributed by atoms with Crippen molar-refractivity contribution in [2.75, 3.05) is 4.72 Å².